The first kappa shape index (κ1) is 34.7. The molecule has 1 aromatic heterocycles. The fourth-order valence-corrected chi connectivity index (χ4v) is 4.96. The van der Waals surface area contributed by atoms with Crippen molar-refractivity contribution in [1.29, 1.82) is 0 Å². The standard InChI is InChI=1S/C31H50NO4S.BrH/c1-3-4-5-6-7-8-9-10-11-12-13-14-15-16-22-35-25-30(34-2)26-36-31(33)29-19-17-28(18-20-29)24-32-21-23-37-27-32;/h17-21,23,27,30H,3-16,22,24-26H2,1-2H3;1H/q+1;/p-1. The summed E-state index contributed by atoms with van der Waals surface area (Å²) in [4.78, 5) is 12.4. The molecular formula is C31H50BrNO4S. The molecule has 1 aromatic carbocycles. The van der Waals surface area contributed by atoms with Crippen molar-refractivity contribution in [3.63, 3.8) is 0 Å². The van der Waals surface area contributed by atoms with Gasteiger partial charge in [0.2, 0.25) is 5.51 Å². The van der Waals surface area contributed by atoms with E-state index in [1.54, 1.807) is 18.4 Å². The van der Waals surface area contributed by atoms with Crippen LogP contribution in [0.2, 0.25) is 0 Å². The second kappa shape index (κ2) is 23.6. The number of esters is 1. The van der Waals surface area contributed by atoms with E-state index < -0.39 is 0 Å². The van der Waals surface area contributed by atoms with Crippen LogP contribution in [-0.4, -0.2) is 39.0 Å². The Kier molecular flexibility index (Phi) is 21.6. The van der Waals surface area contributed by atoms with E-state index in [-0.39, 0.29) is 35.7 Å². The summed E-state index contributed by atoms with van der Waals surface area (Å²) in [5.41, 5.74) is 3.76. The summed E-state index contributed by atoms with van der Waals surface area (Å²) in [5.74, 6) is -0.330. The molecule has 0 amide bonds. The van der Waals surface area contributed by atoms with Crippen LogP contribution in [0.25, 0.3) is 0 Å². The Bertz CT molecular complexity index is 801. The van der Waals surface area contributed by atoms with Gasteiger partial charge in [0.15, 0.2) is 12.7 Å². The quantitative estimate of drug-likeness (QED) is 0.103. The topological polar surface area (TPSA) is 48.6 Å². The number of thiazole rings is 1. The molecule has 0 aliphatic rings. The molecular weight excluding hydrogens is 562 g/mol. The molecule has 1 atom stereocenters. The van der Waals surface area contributed by atoms with Gasteiger partial charge in [-0.05, 0) is 18.6 Å². The van der Waals surface area contributed by atoms with Crippen molar-refractivity contribution in [3.8, 4) is 0 Å². The Morgan fingerprint density at radius 2 is 1.42 bits per heavy atom. The van der Waals surface area contributed by atoms with Gasteiger partial charge in [-0.15, -0.1) is 0 Å². The molecule has 0 saturated heterocycles. The predicted molar refractivity (Wildman–Crippen MR) is 152 cm³/mol. The minimum atomic E-state index is -0.330. The van der Waals surface area contributed by atoms with Crippen LogP contribution in [0, 0.1) is 0 Å². The Labute approximate surface area is 246 Å². The van der Waals surface area contributed by atoms with Crippen molar-refractivity contribution >= 4 is 17.3 Å². The van der Waals surface area contributed by atoms with Crippen LogP contribution < -0.4 is 21.5 Å². The molecule has 0 bridgehead atoms. The third-order valence-corrected chi connectivity index (χ3v) is 7.43. The largest absolute Gasteiger partial charge is 1.00 e. The summed E-state index contributed by atoms with van der Waals surface area (Å²) in [6, 6.07) is 7.57. The number of aromatic nitrogens is 1. The maximum absolute atomic E-state index is 12.4. The van der Waals surface area contributed by atoms with E-state index in [1.807, 2.05) is 35.8 Å². The highest BCUT2D eigenvalue weighted by molar-refractivity contribution is 7.07. The second-order valence-electron chi connectivity index (χ2n) is 10.0. The molecule has 0 fully saturated rings. The number of methoxy groups -OCH3 is 1. The molecule has 7 heteroatoms. The third kappa shape index (κ3) is 16.6. The zero-order valence-electron chi connectivity index (χ0n) is 23.7. The number of benzene rings is 1. The van der Waals surface area contributed by atoms with Gasteiger partial charge in [0.25, 0.3) is 0 Å². The molecule has 0 aliphatic carbocycles. The third-order valence-electron chi connectivity index (χ3n) is 6.76. The van der Waals surface area contributed by atoms with Crippen molar-refractivity contribution in [2.45, 2.75) is 109 Å². The normalized spacial score (nSPS) is 11.7. The number of ether oxygens (including phenoxy) is 3. The van der Waals surface area contributed by atoms with Gasteiger partial charge in [0.1, 0.15) is 12.7 Å². The Morgan fingerprint density at radius 3 is 1.95 bits per heavy atom. The molecule has 0 radical (unpaired) electrons. The van der Waals surface area contributed by atoms with Crippen molar-refractivity contribution in [1.82, 2.24) is 0 Å². The summed E-state index contributed by atoms with van der Waals surface area (Å²) in [7, 11) is 1.63. The Balaban J connectivity index is 0.00000722. The van der Waals surface area contributed by atoms with Gasteiger partial charge in [0, 0.05) is 19.3 Å². The monoisotopic (exact) mass is 611 g/mol. The fourth-order valence-electron chi connectivity index (χ4n) is 4.36. The smallest absolute Gasteiger partial charge is 0.338 e. The van der Waals surface area contributed by atoms with Gasteiger partial charge in [-0.25, -0.2) is 4.79 Å². The highest BCUT2D eigenvalue weighted by atomic mass is 79.9. The molecule has 0 aliphatic heterocycles. The average Bonchev–Trinajstić information content (AvgIpc) is 3.43. The average molecular weight is 613 g/mol. The lowest BCUT2D eigenvalue weighted by Gasteiger charge is -2.16. The van der Waals surface area contributed by atoms with Gasteiger partial charge >= 0.3 is 5.97 Å². The van der Waals surface area contributed by atoms with Crippen LogP contribution in [-0.2, 0) is 20.8 Å². The van der Waals surface area contributed by atoms with Crippen LogP contribution in [0.15, 0.2) is 41.4 Å². The number of nitrogens with zero attached hydrogens (tertiary/aromatic N) is 1. The van der Waals surface area contributed by atoms with Gasteiger partial charge in [-0.2, -0.15) is 4.57 Å². The molecule has 0 saturated carbocycles. The van der Waals surface area contributed by atoms with Crippen LogP contribution in [0.4, 0.5) is 0 Å². The lowest BCUT2D eigenvalue weighted by Crippen LogP contribution is -3.00. The van der Waals surface area contributed by atoms with Gasteiger partial charge in [0.05, 0.1) is 17.6 Å². The number of unbranched alkanes of at least 4 members (excludes halogenated alkanes) is 13. The minimum Gasteiger partial charge on any atom is -1.00 e. The molecule has 2 aromatic rings. The van der Waals surface area contributed by atoms with E-state index >= 15 is 0 Å². The van der Waals surface area contributed by atoms with Crippen LogP contribution in [0.5, 0.6) is 0 Å². The molecule has 216 valence electrons. The first-order valence-corrected chi connectivity index (χ1v) is 15.4. The fraction of sp³-hybridized carbons (Fsp3) is 0.677. The van der Waals surface area contributed by atoms with E-state index in [0.717, 1.165) is 25.1 Å². The number of rotatable bonds is 23. The molecule has 5 nitrogen and oxygen atoms in total. The van der Waals surface area contributed by atoms with Crippen LogP contribution in [0.3, 0.4) is 0 Å². The lowest BCUT2D eigenvalue weighted by molar-refractivity contribution is -0.683. The van der Waals surface area contributed by atoms with Crippen molar-refractivity contribution < 1.29 is 40.6 Å². The highest BCUT2D eigenvalue weighted by Crippen LogP contribution is 2.13. The number of hydrogen-bond acceptors (Lipinski definition) is 5. The minimum absolute atomic E-state index is 0. The SMILES string of the molecule is CCCCCCCCCCCCCCCCOCC(COC(=O)c1ccc(C[n+]2ccsc2)cc1)OC.[Br-]. The van der Waals surface area contributed by atoms with E-state index in [2.05, 4.69) is 17.0 Å². The summed E-state index contributed by atoms with van der Waals surface area (Å²) >= 11 is 1.66. The highest BCUT2D eigenvalue weighted by Gasteiger charge is 2.14. The van der Waals surface area contributed by atoms with Crippen molar-refractivity contribution in [2.24, 2.45) is 0 Å². The first-order valence-electron chi connectivity index (χ1n) is 14.5. The zero-order chi connectivity index (χ0) is 26.4. The van der Waals surface area contributed by atoms with E-state index in [4.69, 9.17) is 14.2 Å². The summed E-state index contributed by atoms with van der Waals surface area (Å²) in [5, 5.41) is 2.04. The molecule has 1 unspecified atom stereocenters. The van der Waals surface area contributed by atoms with Gasteiger partial charge in [-0.3, -0.25) is 0 Å². The number of halogens is 1. The molecule has 0 spiro atoms. The number of carbonyl (C=O) groups excluding carboxylic acids is 1. The predicted octanol–water partition coefficient (Wildman–Crippen LogP) is 4.76. The van der Waals surface area contributed by atoms with E-state index in [9.17, 15) is 4.79 Å². The van der Waals surface area contributed by atoms with Crippen molar-refractivity contribution in [3.05, 3.63) is 52.5 Å². The number of hydrogen-bond donors (Lipinski definition) is 0. The summed E-state index contributed by atoms with van der Waals surface area (Å²) < 4.78 is 18.8. The molecule has 1 heterocycles. The molecule has 0 N–H and O–H groups in total. The van der Waals surface area contributed by atoms with E-state index in [1.165, 1.54) is 83.5 Å². The zero-order valence-corrected chi connectivity index (χ0v) is 26.1. The van der Waals surface area contributed by atoms with Gasteiger partial charge in [-0.1, -0.05) is 114 Å². The van der Waals surface area contributed by atoms with Crippen LogP contribution in [0.1, 0.15) is 113 Å². The lowest BCUT2D eigenvalue weighted by atomic mass is 10.0. The molecule has 2 rings (SSSR count). The number of carbonyl (C=O) groups is 1. The van der Waals surface area contributed by atoms with Crippen LogP contribution >= 0.6 is 11.3 Å². The van der Waals surface area contributed by atoms with Crippen molar-refractivity contribution in [2.75, 3.05) is 26.9 Å². The first-order chi connectivity index (χ1) is 18.2. The maximum atomic E-state index is 12.4. The molecule has 38 heavy (non-hydrogen) atoms. The Hall–Kier alpha value is -1.28. The van der Waals surface area contributed by atoms with E-state index in [0.29, 0.717) is 12.2 Å². The summed E-state index contributed by atoms with van der Waals surface area (Å²) in [6.45, 7) is 4.44. The van der Waals surface area contributed by atoms with Gasteiger partial charge < -0.3 is 31.2 Å². The second-order valence-corrected chi connectivity index (χ2v) is 10.8. The maximum Gasteiger partial charge on any atom is 0.338 e. The Morgan fingerprint density at radius 1 is 0.842 bits per heavy atom. The summed E-state index contributed by atoms with van der Waals surface area (Å²) in [6.07, 6.45) is 20.7.